The highest BCUT2D eigenvalue weighted by Gasteiger charge is 2.42. The lowest BCUT2D eigenvalue weighted by Crippen LogP contribution is -2.61. The monoisotopic (exact) mass is 582 g/mol. The van der Waals surface area contributed by atoms with Gasteiger partial charge in [-0.25, -0.2) is 32.9 Å². The molecular formula is C30H33F3N6O3. The summed E-state index contributed by atoms with van der Waals surface area (Å²) in [6.45, 7) is 13.0. The van der Waals surface area contributed by atoms with Crippen molar-refractivity contribution in [1.82, 2.24) is 19.9 Å². The zero-order chi connectivity index (χ0) is 30.7. The van der Waals surface area contributed by atoms with Crippen molar-refractivity contribution in [3.8, 4) is 0 Å². The number of carbonyl (C=O) groups is 2. The van der Waals surface area contributed by atoms with Crippen LogP contribution in [0.2, 0.25) is 0 Å². The van der Waals surface area contributed by atoms with Crippen LogP contribution in [0, 0.1) is 31.3 Å². The van der Waals surface area contributed by atoms with E-state index in [4.69, 9.17) is 9.72 Å². The number of benzene rings is 1. The van der Waals surface area contributed by atoms with Gasteiger partial charge in [0.05, 0.1) is 35.8 Å². The average Bonchev–Trinajstić information content (AvgIpc) is 3.19. The van der Waals surface area contributed by atoms with E-state index >= 15 is 0 Å². The Bertz CT molecular complexity index is 1560. The van der Waals surface area contributed by atoms with Crippen LogP contribution in [-0.4, -0.2) is 70.6 Å². The third kappa shape index (κ3) is 4.92. The van der Waals surface area contributed by atoms with E-state index in [2.05, 4.69) is 14.9 Å². The summed E-state index contributed by atoms with van der Waals surface area (Å²) < 4.78 is 46.5. The third-order valence-electron chi connectivity index (χ3n) is 7.95. The number of halogens is 3. The van der Waals surface area contributed by atoms with E-state index in [1.807, 2.05) is 40.7 Å². The molecule has 2 aromatic heterocycles. The van der Waals surface area contributed by atoms with Gasteiger partial charge in [0.2, 0.25) is 0 Å². The topological polar surface area (TPSA) is 91.8 Å². The molecule has 2 aliphatic heterocycles. The number of ether oxygens (including phenoxy) is 1. The van der Waals surface area contributed by atoms with Crippen LogP contribution in [0.1, 0.15) is 65.5 Å². The first-order chi connectivity index (χ1) is 19.6. The predicted molar refractivity (Wildman–Crippen MR) is 151 cm³/mol. The second kappa shape index (κ2) is 10.2. The first-order valence-electron chi connectivity index (χ1n) is 13.6. The molecule has 1 saturated heterocycles. The largest absolute Gasteiger partial charge is 0.465 e. The fraction of sp³-hybridized carbons (Fsp3) is 0.433. The van der Waals surface area contributed by atoms with Crippen LogP contribution in [0.4, 0.5) is 30.5 Å². The molecule has 0 spiro atoms. The van der Waals surface area contributed by atoms with E-state index in [0.717, 1.165) is 17.7 Å². The summed E-state index contributed by atoms with van der Waals surface area (Å²) in [5.41, 5.74) is 1.35. The van der Waals surface area contributed by atoms with Gasteiger partial charge in [-0.1, -0.05) is 13.8 Å². The number of carbonyl (C=O) groups excluding carboxylic acids is 2. The lowest BCUT2D eigenvalue weighted by atomic mass is 9.92. The summed E-state index contributed by atoms with van der Waals surface area (Å²) in [6, 6.07) is 3.70. The molecule has 0 N–H and O–H groups in total. The van der Waals surface area contributed by atoms with Crippen molar-refractivity contribution in [1.29, 1.82) is 0 Å². The number of esters is 1. The third-order valence-corrected chi connectivity index (χ3v) is 7.95. The van der Waals surface area contributed by atoms with E-state index < -0.39 is 34.4 Å². The molecule has 5 rings (SSSR count). The average molecular weight is 583 g/mol. The minimum absolute atomic E-state index is 0.113. The van der Waals surface area contributed by atoms with Crippen LogP contribution in [0.3, 0.4) is 0 Å². The molecule has 1 fully saturated rings. The molecule has 0 bridgehead atoms. The maximum Gasteiger partial charge on any atom is 0.339 e. The molecule has 9 nitrogen and oxygen atoms in total. The van der Waals surface area contributed by atoms with Gasteiger partial charge in [0.25, 0.3) is 5.91 Å². The van der Waals surface area contributed by atoms with Crippen LogP contribution < -0.4 is 9.80 Å². The molecule has 12 heteroatoms. The molecule has 1 amide bonds. The SMILES string of the molecule is COC(=O)c1c(C)cc(N2CCN(C(=O)c3cnc4c(n3)C(C)(C)CN4c3cc(F)c(F)c(F)c3)C(C)(C)C2)nc1C. The lowest BCUT2D eigenvalue weighted by molar-refractivity contribution is 0.0505. The van der Waals surface area contributed by atoms with Gasteiger partial charge in [0.1, 0.15) is 11.5 Å². The molecule has 0 aliphatic carbocycles. The normalized spacial score (nSPS) is 17.3. The first kappa shape index (κ1) is 29.3. The Hall–Kier alpha value is -4.22. The number of aromatic nitrogens is 3. The fourth-order valence-electron chi connectivity index (χ4n) is 5.84. The molecular weight excluding hydrogens is 549 g/mol. The van der Waals surface area contributed by atoms with E-state index in [1.165, 1.54) is 13.3 Å². The maximum atomic E-state index is 14.0. The standard InChI is InChI=1S/C30H33F3N6O3/c1-16-10-22(35-17(2)23(16)28(41)42-7)37-8-9-39(30(5,6)15-37)27(40)21-13-34-26-25(36-21)29(3,4)14-38(26)18-11-19(31)24(33)20(32)12-18/h10-13H,8-9,14-15H2,1-7H3. The number of aryl methyl sites for hydroxylation is 2. The summed E-state index contributed by atoms with van der Waals surface area (Å²) in [6.07, 6.45) is 1.37. The Balaban J connectivity index is 1.39. The number of amides is 1. The minimum Gasteiger partial charge on any atom is -0.465 e. The Labute approximate surface area is 242 Å². The zero-order valence-electron chi connectivity index (χ0n) is 24.7. The predicted octanol–water partition coefficient (Wildman–Crippen LogP) is 4.86. The van der Waals surface area contributed by atoms with E-state index in [0.29, 0.717) is 48.2 Å². The number of rotatable bonds is 4. The molecule has 42 heavy (non-hydrogen) atoms. The van der Waals surface area contributed by atoms with Gasteiger partial charge in [-0.05, 0) is 39.3 Å². The van der Waals surface area contributed by atoms with Crippen molar-refractivity contribution in [3.63, 3.8) is 0 Å². The van der Waals surface area contributed by atoms with Crippen LogP contribution in [0.15, 0.2) is 24.4 Å². The number of nitrogens with zero attached hydrogens (tertiary/aromatic N) is 6. The van der Waals surface area contributed by atoms with Gasteiger partial charge >= 0.3 is 5.97 Å². The molecule has 2 aliphatic rings. The molecule has 1 aromatic carbocycles. The molecule has 0 atom stereocenters. The number of anilines is 3. The summed E-state index contributed by atoms with van der Waals surface area (Å²) in [5.74, 6) is -3.77. The second-order valence-corrected chi connectivity index (χ2v) is 12.1. The molecule has 222 valence electrons. The van der Waals surface area contributed by atoms with Crippen molar-refractivity contribution < 1.29 is 27.5 Å². The number of piperazine rings is 1. The summed E-state index contributed by atoms with van der Waals surface area (Å²) in [7, 11) is 1.34. The van der Waals surface area contributed by atoms with Crippen molar-refractivity contribution in [2.24, 2.45) is 0 Å². The Kier molecular flexibility index (Phi) is 7.14. The maximum absolute atomic E-state index is 14.0. The van der Waals surface area contributed by atoms with E-state index in [-0.39, 0.29) is 23.8 Å². The van der Waals surface area contributed by atoms with Crippen LogP contribution >= 0.6 is 0 Å². The minimum atomic E-state index is -1.54. The number of hydrogen-bond acceptors (Lipinski definition) is 8. The zero-order valence-corrected chi connectivity index (χ0v) is 24.7. The van der Waals surface area contributed by atoms with Gasteiger partial charge in [-0.15, -0.1) is 0 Å². The summed E-state index contributed by atoms with van der Waals surface area (Å²) in [4.78, 5) is 45.2. The van der Waals surface area contributed by atoms with Crippen LogP contribution in [0.5, 0.6) is 0 Å². The molecule has 4 heterocycles. The van der Waals surface area contributed by atoms with Gasteiger partial charge in [0.15, 0.2) is 23.3 Å². The van der Waals surface area contributed by atoms with Gasteiger partial charge in [0, 0.05) is 49.4 Å². The number of methoxy groups -OCH3 is 1. The van der Waals surface area contributed by atoms with E-state index in [9.17, 15) is 22.8 Å². The fourth-order valence-corrected chi connectivity index (χ4v) is 5.84. The number of pyridine rings is 1. The summed E-state index contributed by atoms with van der Waals surface area (Å²) in [5, 5.41) is 0. The number of hydrogen-bond donors (Lipinski definition) is 0. The Morgan fingerprint density at radius 2 is 1.62 bits per heavy atom. The molecule has 0 saturated carbocycles. The highest BCUT2D eigenvalue weighted by Crippen LogP contribution is 2.42. The highest BCUT2D eigenvalue weighted by molar-refractivity contribution is 5.94. The molecule has 0 unspecified atom stereocenters. The first-order valence-corrected chi connectivity index (χ1v) is 13.6. The lowest BCUT2D eigenvalue weighted by Gasteiger charge is -2.47. The van der Waals surface area contributed by atoms with Crippen molar-refractivity contribution >= 4 is 29.2 Å². The number of fused-ring (bicyclic) bond motifs is 1. The molecule has 0 radical (unpaired) electrons. The quantitative estimate of drug-likeness (QED) is 0.318. The van der Waals surface area contributed by atoms with Gasteiger partial charge < -0.3 is 19.4 Å². The van der Waals surface area contributed by atoms with Gasteiger partial charge in [-0.2, -0.15) is 0 Å². The van der Waals surface area contributed by atoms with Crippen molar-refractivity contribution in [2.75, 3.05) is 43.1 Å². The Morgan fingerprint density at radius 3 is 2.21 bits per heavy atom. The van der Waals surface area contributed by atoms with Gasteiger partial charge in [-0.3, -0.25) is 4.79 Å². The second-order valence-electron chi connectivity index (χ2n) is 12.1. The smallest absolute Gasteiger partial charge is 0.339 e. The van der Waals surface area contributed by atoms with Crippen LogP contribution in [0.25, 0.3) is 0 Å². The highest BCUT2D eigenvalue weighted by atomic mass is 19.2. The van der Waals surface area contributed by atoms with Crippen LogP contribution in [-0.2, 0) is 10.2 Å². The van der Waals surface area contributed by atoms with Crippen molar-refractivity contribution in [2.45, 2.75) is 52.5 Å². The van der Waals surface area contributed by atoms with E-state index in [1.54, 1.807) is 16.7 Å². The van der Waals surface area contributed by atoms with Crippen molar-refractivity contribution in [3.05, 3.63) is 70.1 Å². The Morgan fingerprint density at radius 1 is 0.952 bits per heavy atom. The summed E-state index contributed by atoms with van der Waals surface area (Å²) >= 11 is 0. The molecule has 3 aromatic rings.